The van der Waals surface area contributed by atoms with Crippen LogP contribution < -0.4 is 5.73 Å². The van der Waals surface area contributed by atoms with E-state index in [1.54, 1.807) is 20.8 Å². The van der Waals surface area contributed by atoms with Crippen LogP contribution in [0.2, 0.25) is 0 Å². The van der Waals surface area contributed by atoms with Gasteiger partial charge in [0.15, 0.2) is 0 Å². The largest absolute Gasteiger partial charge is 0.460 e. The van der Waals surface area contributed by atoms with E-state index in [2.05, 4.69) is 0 Å². The zero-order valence-electron chi connectivity index (χ0n) is 14.0. The zero-order valence-corrected chi connectivity index (χ0v) is 14.0. The summed E-state index contributed by atoms with van der Waals surface area (Å²) in [6.45, 7) is 5.22. The summed E-state index contributed by atoms with van der Waals surface area (Å²) in [6.07, 6.45) is 0.138. The van der Waals surface area contributed by atoms with Crippen LogP contribution in [0.25, 0.3) is 0 Å². The highest BCUT2D eigenvalue weighted by Crippen LogP contribution is 2.13. The molecule has 1 aromatic carbocycles. The van der Waals surface area contributed by atoms with Crippen LogP contribution in [-0.2, 0) is 25.7 Å². The molecule has 2 N–H and O–H groups in total. The van der Waals surface area contributed by atoms with E-state index in [0.29, 0.717) is 5.56 Å². The van der Waals surface area contributed by atoms with Gasteiger partial charge in [-0.3, -0.25) is 19.7 Å². The van der Waals surface area contributed by atoms with E-state index in [1.807, 2.05) is 0 Å². The minimum absolute atomic E-state index is 0.0189. The molecule has 132 valence electrons. The lowest BCUT2D eigenvalue weighted by molar-refractivity contribution is -0.384. The maximum Gasteiger partial charge on any atom is 0.323 e. The number of benzene rings is 1. The third kappa shape index (κ3) is 7.19. The molecule has 1 atom stereocenters. The molecule has 0 radical (unpaired) electrons. The van der Waals surface area contributed by atoms with Gasteiger partial charge in [-0.05, 0) is 44.9 Å². The molecule has 1 unspecified atom stereocenters. The lowest BCUT2D eigenvalue weighted by atomic mass is 10.1. The Labute approximate surface area is 140 Å². The zero-order chi connectivity index (χ0) is 18.3. The first kappa shape index (κ1) is 19.6. The Bertz CT molecular complexity index is 592. The fraction of sp³-hybridized carbons (Fsp3) is 0.500. The second kappa shape index (κ2) is 8.39. The van der Waals surface area contributed by atoms with Crippen LogP contribution >= 0.6 is 0 Å². The van der Waals surface area contributed by atoms with Crippen molar-refractivity contribution in [3.8, 4) is 0 Å². The van der Waals surface area contributed by atoms with Crippen molar-refractivity contribution in [2.45, 2.75) is 51.9 Å². The molecule has 8 nitrogen and oxygen atoms in total. The molecule has 8 heteroatoms. The van der Waals surface area contributed by atoms with Gasteiger partial charge < -0.3 is 15.2 Å². The number of carbonyl (C=O) groups excluding carboxylic acids is 2. The van der Waals surface area contributed by atoms with Crippen LogP contribution in [0.3, 0.4) is 0 Å². The molecule has 0 aliphatic carbocycles. The molecule has 0 fully saturated rings. The number of non-ortho nitro benzene ring substituents is 1. The molecular formula is C16H22N2O6. The number of nitro benzene ring substituents is 1. The van der Waals surface area contributed by atoms with E-state index < -0.39 is 28.5 Å². The van der Waals surface area contributed by atoms with E-state index in [-0.39, 0.29) is 25.1 Å². The van der Waals surface area contributed by atoms with E-state index in [1.165, 1.54) is 24.3 Å². The van der Waals surface area contributed by atoms with Gasteiger partial charge in [0.1, 0.15) is 18.2 Å². The number of rotatable bonds is 7. The van der Waals surface area contributed by atoms with Gasteiger partial charge in [0.05, 0.1) is 4.92 Å². The van der Waals surface area contributed by atoms with Crippen LogP contribution in [0, 0.1) is 10.1 Å². The number of carbonyl (C=O) groups is 2. The van der Waals surface area contributed by atoms with Crippen molar-refractivity contribution in [2.75, 3.05) is 0 Å². The molecule has 1 aromatic rings. The summed E-state index contributed by atoms with van der Waals surface area (Å²) in [6, 6.07) is 4.71. The number of nitrogens with two attached hydrogens (primary N) is 1. The summed E-state index contributed by atoms with van der Waals surface area (Å²) in [5.74, 6) is -1.07. The smallest absolute Gasteiger partial charge is 0.323 e. The van der Waals surface area contributed by atoms with Crippen molar-refractivity contribution < 1.29 is 24.0 Å². The van der Waals surface area contributed by atoms with Crippen LogP contribution in [0.5, 0.6) is 0 Å². The summed E-state index contributed by atoms with van der Waals surface area (Å²) in [4.78, 5) is 33.4. The number of ether oxygens (including phenoxy) is 2. The Morgan fingerprint density at radius 3 is 2.33 bits per heavy atom. The highest BCUT2D eigenvalue weighted by atomic mass is 16.6. The van der Waals surface area contributed by atoms with Crippen LogP contribution in [0.1, 0.15) is 39.2 Å². The number of nitrogens with zero attached hydrogens (tertiary/aromatic N) is 1. The summed E-state index contributed by atoms with van der Waals surface area (Å²) in [7, 11) is 0. The Kier molecular flexibility index (Phi) is 6.84. The SMILES string of the molecule is CC(C)(C)OC(=O)CCC(N)C(=O)OCc1ccc([N+](=O)[O-])cc1. The van der Waals surface area contributed by atoms with Crippen LogP contribution in [0.15, 0.2) is 24.3 Å². The van der Waals surface area contributed by atoms with Gasteiger partial charge in [0.2, 0.25) is 0 Å². The topological polar surface area (TPSA) is 122 Å². The molecule has 0 aliphatic rings. The predicted molar refractivity (Wildman–Crippen MR) is 85.9 cm³/mol. The average Bonchev–Trinajstić information content (AvgIpc) is 2.48. The standard InChI is InChI=1S/C16H22N2O6/c1-16(2,3)24-14(19)9-8-13(17)15(20)23-10-11-4-6-12(7-5-11)18(21)22/h4-7,13H,8-10,17H2,1-3H3. The van der Waals surface area contributed by atoms with Crippen molar-refractivity contribution >= 4 is 17.6 Å². The third-order valence-electron chi connectivity index (χ3n) is 2.91. The van der Waals surface area contributed by atoms with E-state index in [9.17, 15) is 19.7 Å². The molecule has 0 aromatic heterocycles. The molecule has 24 heavy (non-hydrogen) atoms. The number of hydrogen-bond donors (Lipinski definition) is 1. The van der Waals surface area contributed by atoms with Crippen molar-refractivity contribution in [3.63, 3.8) is 0 Å². The van der Waals surface area contributed by atoms with Crippen LogP contribution in [0.4, 0.5) is 5.69 Å². The normalized spacial score (nSPS) is 12.3. The molecule has 0 saturated carbocycles. The fourth-order valence-electron chi connectivity index (χ4n) is 1.76. The number of nitro groups is 1. The Hall–Kier alpha value is -2.48. The first-order valence-corrected chi connectivity index (χ1v) is 7.46. The number of esters is 2. The molecule has 0 heterocycles. The van der Waals surface area contributed by atoms with Gasteiger partial charge in [-0.15, -0.1) is 0 Å². The van der Waals surface area contributed by atoms with E-state index in [4.69, 9.17) is 15.2 Å². The van der Waals surface area contributed by atoms with Gasteiger partial charge in [0.25, 0.3) is 5.69 Å². The molecule has 0 bridgehead atoms. The quantitative estimate of drug-likeness (QED) is 0.459. The van der Waals surface area contributed by atoms with Crippen molar-refractivity contribution in [1.82, 2.24) is 0 Å². The summed E-state index contributed by atoms with van der Waals surface area (Å²) in [5, 5.41) is 10.5. The van der Waals surface area contributed by atoms with Crippen molar-refractivity contribution in [1.29, 1.82) is 0 Å². The van der Waals surface area contributed by atoms with Gasteiger partial charge in [-0.2, -0.15) is 0 Å². The van der Waals surface area contributed by atoms with Gasteiger partial charge in [0, 0.05) is 18.6 Å². The van der Waals surface area contributed by atoms with Crippen molar-refractivity contribution in [3.05, 3.63) is 39.9 Å². The average molecular weight is 338 g/mol. The lowest BCUT2D eigenvalue weighted by Crippen LogP contribution is -2.33. The maximum atomic E-state index is 11.8. The summed E-state index contributed by atoms with van der Waals surface area (Å²) in [5.41, 5.74) is 5.66. The minimum atomic E-state index is -0.935. The molecule has 0 spiro atoms. The summed E-state index contributed by atoms with van der Waals surface area (Å²) < 4.78 is 10.2. The Morgan fingerprint density at radius 1 is 1.25 bits per heavy atom. The Balaban J connectivity index is 2.39. The minimum Gasteiger partial charge on any atom is -0.460 e. The van der Waals surface area contributed by atoms with Crippen LogP contribution in [-0.4, -0.2) is 28.5 Å². The van der Waals surface area contributed by atoms with Gasteiger partial charge in [-0.1, -0.05) is 0 Å². The summed E-state index contributed by atoms with van der Waals surface area (Å²) >= 11 is 0. The highest BCUT2D eigenvalue weighted by molar-refractivity contribution is 5.77. The van der Waals surface area contributed by atoms with Gasteiger partial charge in [-0.25, -0.2) is 0 Å². The maximum absolute atomic E-state index is 11.8. The fourth-order valence-corrected chi connectivity index (χ4v) is 1.76. The third-order valence-corrected chi connectivity index (χ3v) is 2.91. The molecular weight excluding hydrogens is 316 g/mol. The Morgan fingerprint density at radius 2 is 1.83 bits per heavy atom. The van der Waals surface area contributed by atoms with E-state index >= 15 is 0 Å². The molecule has 0 saturated heterocycles. The second-order valence-electron chi connectivity index (χ2n) is 6.26. The molecule has 1 rings (SSSR count). The van der Waals surface area contributed by atoms with Gasteiger partial charge >= 0.3 is 11.9 Å². The molecule has 0 aliphatic heterocycles. The first-order valence-electron chi connectivity index (χ1n) is 7.46. The number of hydrogen-bond acceptors (Lipinski definition) is 7. The molecule has 0 amide bonds. The first-order chi connectivity index (χ1) is 11.1. The highest BCUT2D eigenvalue weighted by Gasteiger charge is 2.20. The van der Waals surface area contributed by atoms with Crippen molar-refractivity contribution in [2.24, 2.45) is 5.73 Å². The van der Waals surface area contributed by atoms with E-state index in [0.717, 1.165) is 0 Å². The monoisotopic (exact) mass is 338 g/mol. The predicted octanol–water partition coefficient (Wildman–Crippen LogP) is 2.09. The lowest BCUT2D eigenvalue weighted by Gasteiger charge is -2.20. The second-order valence-corrected chi connectivity index (χ2v) is 6.26.